The van der Waals surface area contributed by atoms with Gasteiger partial charge < -0.3 is 10.0 Å². The Balaban J connectivity index is 2.49. The van der Waals surface area contributed by atoms with Crippen molar-refractivity contribution in [3.8, 4) is 0 Å². The molecular weight excluding hydrogens is 350 g/mol. The highest BCUT2D eigenvalue weighted by atomic mass is 16.4. The third-order valence-corrected chi connectivity index (χ3v) is 5.61. The molecule has 0 amide bonds. The zero-order valence-electron chi connectivity index (χ0n) is 19.7. The van der Waals surface area contributed by atoms with Gasteiger partial charge in [0, 0.05) is 24.2 Å². The topological polar surface area (TPSA) is 56.1 Å². The molecule has 0 spiro atoms. The molecule has 0 aliphatic carbocycles. The molecule has 2 heterocycles. The number of rotatable bonds is 4. The van der Waals surface area contributed by atoms with Crippen LogP contribution in [0.3, 0.4) is 0 Å². The SMILES string of the molecule is CN(CC(=O)O)CC1CC2=C(C(C)(C)C)[C@H](C(C)(C)C)N=C(C(C)(C)C)N2C1. The van der Waals surface area contributed by atoms with E-state index in [0.717, 1.165) is 19.5 Å². The normalized spacial score (nSPS) is 24.0. The van der Waals surface area contributed by atoms with Crippen molar-refractivity contribution in [1.82, 2.24) is 9.80 Å². The summed E-state index contributed by atoms with van der Waals surface area (Å²) >= 11 is 0. The maximum Gasteiger partial charge on any atom is 0.317 e. The first-order valence-corrected chi connectivity index (χ1v) is 10.5. The number of allylic oxidation sites excluding steroid dienone is 1. The molecule has 0 bridgehead atoms. The van der Waals surface area contributed by atoms with Crippen LogP contribution in [0.25, 0.3) is 0 Å². The van der Waals surface area contributed by atoms with Crippen LogP contribution in [0.15, 0.2) is 16.3 Å². The lowest BCUT2D eigenvalue weighted by molar-refractivity contribution is -0.138. The molecule has 0 aromatic heterocycles. The van der Waals surface area contributed by atoms with Crippen LogP contribution in [-0.2, 0) is 4.79 Å². The summed E-state index contributed by atoms with van der Waals surface area (Å²) in [5, 5.41) is 9.11. The number of amidine groups is 1. The van der Waals surface area contributed by atoms with Crippen molar-refractivity contribution >= 4 is 11.8 Å². The van der Waals surface area contributed by atoms with Crippen molar-refractivity contribution in [2.24, 2.45) is 27.2 Å². The molecule has 1 unspecified atom stereocenters. The Bertz CT molecular complexity index is 671. The number of likely N-dealkylation sites (N-methyl/N-ethyl adjacent to an activating group) is 1. The second-order valence-electron chi connectivity index (χ2n) is 11.9. The van der Waals surface area contributed by atoms with Crippen molar-refractivity contribution < 1.29 is 9.90 Å². The highest BCUT2D eigenvalue weighted by molar-refractivity contribution is 5.90. The smallest absolute Gasteiger partial charge is 0.317 e. The second-order valence-corrected chi connectivity index (χ2v) is 11.9. The summed E-state index contributed by atoms with van der Waals surface area (Å²) in [6.45, 7) is 22.3. The number of aliphatic imine (C=N–C) groups is 1. The molecule has 2 aliphatic rings. The molecule has 0 saturated carbocycles. The maximum absolute atomic E-state index is 11.1. The van der Waals surface area contributed by atoms with Gasteiger partial charge in [0.15, 0.2) is 0 Å². The average molecular weight is 392 g/mol. The zero-order valence-corrected chi connectivity index (χ0v) is 19.7. The third-order valence-electron chi connectivity index (χ3n) is 5.61. The Hall–Kier alpha value is -1.36. The van der Waals surface area contributed by atoms with Crippen LogP contribution in [0.5, 0.6) is 0 Å². The van der Waals surface area contributed by atoms with Crippen molar-refractivity contribution in [3.63, 3.8) is 0 Å². The van der Waals surface area contributed by atoms with Crippen molar-refractivity contribution in [1.29, 1.82) is 0 Å². The van der Waals surface area contributed by atoms with Gasteiger partial charge in [-0.05, 0) is 35.8 Å². The van der Waals surface area contributed by atoms with Crippen LogP contribution in [0.1, 0.15) is 68.7 Å². The standard InChI is InChI=1S/C23H41N3O2/c1-21(2,3)18-16-11-15(12-25(10)14-17(27)28)13-26(16)20(23(7,8)9)24-19(18)22(4,5)6/h15,19H,11-14H2,1-10H3,(H,27,28)/t15?,19-/m1/s1. The minimum atomic E-state index is -0.766. The average Bonchev–Trinajstić information content (AvgIpc) is 2.83. The fourth-order valence-corrected chi connectivity index (χ4v) is 4.63. The molecule has 2 atom stereocenters. The third kappa shape index (κ3) is 4.97. The van der Waals surface area contributed by atoms with Gasteiger partial charge in [-0.3, -0.25) is 14.7 Å². The van der Waals surface area contributed by atoms with E-state index in [0.29, 0.717) is 5.92 Å². The van der Waals surface area contributed by atoms with Gasteiger partial charge in [-0.1, -0.05) is 62.3 Å². The van der Waals surface area contributed by atoms with E-state index in [4.69, 9.17) is 10.1 Å². The fourth-order valence-electron chi connectivity index (χ4n) is 4.63. The minimum Gasteiger partial charge on any atom is -0.480 e. The first-order valence-electron chi connectivity index (χ1n) is 10.5. The Morgan fingerprint density at radius 2 is 1.68 bits per heavy atom. The molecule has 5 nitrogen and oxygen atoms in total. The number of hydrogen-bond donors (Lipinski definition) is 1. The minimum absolute atomic E-state index is 0.0278. The number of nitrogens with zero attached hydrogens (tertiary/aromatic N) is 3. The zero-order chi connectivity index (χ0) is 21.7. The van der Waals surface area contributed by atoms with E-state index >= 15 is 0 Å². The fraction of sp³-hybridized carbons (Fsp3) is 0.826. The van der Waals surface area contributed by atoms with E-state index in [-0.39, 0.29) is 28.8 Å². The van der Waals surface area contributed by atoms with Crippen LogP contribution in [0.4, 0.5) is 0 Å². The predicted octanol–water partition coefficient (Wildman–Crippen LogP) is 4.50. The first kappa shape index (κ1) is 22.9. The van der Waals surface area contributed by atoms with Crippen molar-refractivity contribution in [2.75, 3.05) is 26.7 Å². The lowest BCUT2D eigenvalue weighted by Gasteiger charge is -2.45. The lowest BCUT2D eigenvalue weighted by atomic mass is 9.70. The number of carboxylic acids is 1. The second kappa shape index (κ2) is 7.47. The van der Waals surface area contributed by atoms with Crippen LogP contribution in [0, 0.1) is 22.2 Å². The summed E-state index contributed by atoms with van der Waals surface area (Å²) in [6.07, 6.45) is 0.998. The van der Waals surface area contributed by atoms with Crippen molar-refractivity contribution in [3.05, 3.63) is 11.3 Å². The molecule has 2 aliphatic heterocycles. The van der Waals surface area contributed by atoms with Gasteiger partial charge in [-0.15, -0.1) is 0 Å². The van der Waals surface area contributed by atoms with Gasteiger partial charge in [-0.25, -0.2) is 0 Å². The molecule has 0 aromatic rings. The summed E-state index contributed by atoms with van der Waals surface area (Å²) in [4.78, 5) is 20.8. The van der Waals surface area contributed by atoms with Crippen LogP contribution in [0.2, 0.25) is 0 Å². The van der Waals surface area contributed by atoms with Crippen LogP contribution >= 0.6 is 0 Å². The summed E-state index contributed by atoms with van der Waals surface area (Å²) in [7, 11) is 1.90. The Labute approximate surface area is 171 Å². The Morgan fingerprint density at radius 3 is 2.11 bits per heavy atom. The van der Waals surface area contributed by atoms with E-state index in [1.54, 1.807) is 0 Å². The quantitative estimate of drug-likeness (QED) is 0.767. The molecule has 0 radical (unpaired) electrons. The van der Waals surface area contributed by atoms with Gasteiger partial charge in [0.2, 0.25) is 0 Å². The highest BCUT2D eigenvalue weighted by Crippen LogP contribution is 2.48. The largest absolute Gasteiger partial charge is 0.480 e. The molecule has 28 heavy (non-hydrogen) atoms. The maximum atomic E-state index is 11.1. The molecule has 1 fully saturated rings. The van der Waals surface area contributed by atoms with Crippen molar-refractivity contribution in [2.45, 2.75) is 74.8 Å². The summed E-state index contributed by atoms with van der Waals surface area (Å²) in [5.41, 5.74) is 2.95. The van der Waals surface area contributed by atoms with E-state index in [2.05, 4.69) is 67.2 Å². The molecule has 2 rings (SSSR count). The number of carbonyl (C=O) groups is 1. The number of carboxylic acid groups (broad SMARTS) is 1. The number of aliphatic carboxylic acids is 1. The highest BCUT2D eigenvalue weighted by Gasteiger charge is 2.46. The van der Waals surface area contributed by atoms with E-state index in [1.807, 2.05) is 11.9 Å². The molecule has 1 N–H and O–H groups in total. The monoisotopic (exact) mass is 391 g/mol. The number of hydrogen-bond acceptors (Lipinski definition) is 4. The predicted molar refractivity (Wildman–Crippen MR) is 117 cm³/mol. The molecule has 0 aromatic carbocycles. The molecular formula is C23H41N3O2. The summed E-state index contributed by atoms with van der Waals surface area (Å²) in [5.74, 6) is 0.833. The summed E-state index contributed by atoms with van der Waals surface area (Å²) < 4.78 is 0. The summed E-state index contributed by atoms with van der Waals surface area (Å²) in [6, 6.07) is 0.170. The van der Waals surface area contributed by atoms with E-state index < -0.39 is 5.97 Å². The first-order chi connectivity index (χ1) is 12.5. The van der Waals surface area contributed by atoms with Gasteiger partial charge in [-0.2, -0.15) is 0 Å². The molecule has 1 saturated heterocycles. The number of fused-ring (bicyclic) bond motifs is 1. The molecule has 160 valence electrons. The van der Waals surface area contributed by atoms with E-state index in [9.17, 15) is 4.79 Å². The van der Waals surface area contributed by atoms with E-state index in [1.165, 1.54) is 17.1 Å². The molecule has 5 heteroatoms. The van der Waals surface area contributed by atoms with Crippen LogP contribution < -0.4 is 0 Å². The van der Waals surface area contributed by atoms with Gasteiger partial charge in [0.05, 0.1) is 12.6 Å². The Morgan fingerprint density at radius 1 is 1.11 bits per heavy atom. The van der Waals surface area contributed by atoms with Crippen LogP contribution in [-0.4, -0.2) is 59.4 Å². The van der Waals surface area contributed by atoms with Gasteiger partial charge >= 0.3 is 5.97 Å². The van der Waals surface area contributed by atoms with Gasteiger partial charge in [0.25, 0.3) is 0 Å². The van der Waals surface area contributed by atoms with Gasteiger partial charge in [0.1, 0.15) is 5.84 Å². The lowest BCUT2D eigenvalue weighted by Crippen LogP contribution is -2.47. The Kier molecular flexibility index (Phi) is 6.12.